The minimum Gasteiger partial charge on any atom is -0.496 e. The summed E-state index contributed by atoms with van der Waals surface area (Å²) in [5.41, 5.74) is 0.574. The molecule has 0 heterocycles. The van der Waals surface area contributed by atoms with E-state index in [1.54, 1.807) is 12.1 Å². The molecule has 8 heteroatoms. The molecule has 1 amide bonds. The lowest BCUT2D eigenvalue weighted by Gasteiger charge is -2.16. The normalized spacial score (nSPS) is 11.5. The molecule has 0 fully saturated rings. The molecule has 0 aliphatic carbocycles. The predicted molar refractivity (Wildman–Crippen MR) is 112 cm³/mol. The Morgan fingerprint density at radius 1 is 0.897 bits per heavy atom. The highest BCUT2D eigenvalue weighted by molar-refractivity contribution is 7.89. The van der Waals surface area contributed by atoms with Crippen molar-refractivity contribution in [1.82, 2.24) is 4.31 Å². The number of nitrogens with zero attached hydrogens (tertiary/aromatic N) is 1. The molecule has 1 N–H and O–H groups in total. The average Bonchev–Trinajstić information content (AvgIpc) is 2.72. The van der Waals surface area contributed by atoms with E-state index in [-0.39, 0.29) is 10.6 Å². The zero-order valence-corrected chi connectivity index (χ0v) is 17.4. The van der Waals surface area contributed by atoms with Gasteiger partial charge in [0.05, 0.1) is 30.4 Å². The molecule has 0 saturated carbocycles. The Balaban J connectivity index is 2.03. The fraction of sp³-hybridized carbons (Fsp3) is 0.190. The first kappa shape index (κ1) is 20.6. The quantitative estimate of drug-likeness (QED) is 0.669. The van der Waals surface area contributed by atoms with Gasteiger partial charge in [-0.1, -0.05) is 24.3 Å². The van der Waals surface area contributed by atoms with Crippen LogP contribution in [0.2, 0.25) is 0 Å². The number of carbonyl (C=O) groups excluding carboxylic acids is 1. The van der Waals surface area contributed by atoms with Gasteiger partial charge >= 0.3 is 0 Å². The second-order valence-corrected chi connectivity index (χ2v) is 8.66. The third-order valence-corrected chi connectivity index (χ3v) is 6.32. The molecule has 0 aliphatic rings. The summed E-state index contributed by atoms with van der Waals surface area (Å²) < 4.78 is 36.6. The number of hydrogen-bond donors (Lipinski definition) is 1. The van der Waals surface area contributed by atoms with Gasteiger partial charge < -0.3 is 14.8 Å². The van der Waals surface area contributed by atoms with Crippen molar-refractivity contribution in [3.05, 3.63) is 60.2 Å². The van der Waals surface area contributed by atoms with E-state index < -0.39 is 15.9 Å². The molecule has 0 aliphatic heterocycles. The topological polar surface area (TPSA) is 84.9 Å². The molecule has 0 spiro atoms. The molecule has 3 aromatic rings. The number of rotatable bonds is 6. The van der Waals surface area contributed by atoms with E-state index in [9.17, 15) is 13.2 Å². The lowest BCUT2D eigenvalue weighted by molar-refractivity contribution is 0.102. The minimum absolute atomic E-state index is 0.0454. The van der Waals surface area contributed by atoms with Crippen molar-refractivity contribution in [2.45, 2.75) is 4.90 Å². The Hall–Kier alpha value is -3.10. The Labute approximate surface area is 169 Å². The smallest absolute Gasteiger partial charge is 0.259 e. The molecule has 0 bridgehead atoms. The number of hydrogen-bond acceptors (Lipinski definition) is 5. The van der Waals surface area contributed by atoms with Crippen LogP contribution in [-0.4, -0.2) is 46.9 Å². The number of anilines is 1. The maximum absolute atomic E-state index is 13.0. The van der Waals surface area contributed by atoms with Crippen LogP contribution in [-0.2, 0) is 10.0 Å². The van der Waals surface area contributed by atoms with Crippen molar-refractivity contribution in [2.75, 3.05) is 33.6 Å². The summed E-state index contributed by atoms with van der Waals surface area (Å²) >= 11 is 0. The van der Waals surface area contributed by atoms with Gasteiger partial charge in [-0.3, -0.25) is 4.79 Å². The van der Waals surface area contributed by atoms with Crippen LogP contribution in [0.25, 0.3) is 10.8 Å². The second kappa shape index (κ2) is 8.10. The Kier molecular flexibility index (Phi) is 5.76. The van der Waals surface area contributed by atoms with Gasteiger partial charge in [0.1, 0.15) is 11.5 Å². The van der Waals surface area contributed by atoms with Gasteiger partial charge in [-0.15, -0.1) is 0 Å². The van der Waals surface area contributed by atoms with Crippen molar-refractivity contribution in [3.8, 4) is 11.5 Å². The molecule has 152 valence electrons. The first-order valence-electron chi connectivity index (χ1n) is 8.76. The monoisotopic (exact) mass is 414 g/mol. The number of amides is 1. The molecule has 7 nitrogen and oxygen atoms in total. The summed E-state index contributed by atoms with van der Waals surface area (Å²) in [5, 5.41) is 4.57. The SMILES string of the molecule is COc1ccc(S(=O)(=O)N(C)C)cc1NC(=O)c1cc2ccccc2cc1OC. The van der Waals surface area contributed by atoms with Crippen LogP contribution in [0.1, 0.15) is 10.4 Å². The van der Waals surface area contributed by atoms with Crippen LogP contribution in [0, 0.1) is 0 Å². The van der Waals surface area contributed by atoms with E-state index >= 15 is 0 Å². The van der Waals surface area contributed by atoms with Gasteiger partial charge in [-0.2, -0.15) is 0 Å². The van der Waals surface area contributed by atoms with Crippen LogP contribution in [0.15, 0.2) is 59.5 Å². The average molecular weight is 414 g/mol. The Bertz CT molecular complexity index is 1170. The van der Waals surface area contributed by atoms with E-state index in [2.05, 4.69) is 5.32 Å². The third-order valence-electron chi connectivity index (χ3n) is 4.51. The highest BCUT2D eigenvalue weighted by atomic mass is 32.2. The Morgan fingerprint density at radius 3 is 2.10 bits per heavy atom. The maximum atomic E-state index is 13.0. The number of carbonyl (C=O) groups is 1. The standard InChI is InChI=1S/C21H22N2O5S/c1-23(2)29(25,26)16-9-10-19(27-3)18(13-16)22-21(24)17-11-14-7-5-6-8-15(14)12-20(17)28-4/h5-13H,1-4H3,(H,22,24). The molecule has 0 aromatic heterocycles. The maximum Gasteiger partial charge on any atom is 0.259 e. The summed E-state index contributed by atoms with van der Waals surface area (Å²) in [4.78, 5) is 13.0. The number of fused-ring (bicyclic) bond motifs is 1. The third kappa shape index (κ3) is 4.03. The largest absolute Gasteiger partial charge is 0.496 e. The van der Waals surface area contributed by atoms with Gasteiger partial charge in [-0.25, -0.2) is 12.7 Å². The summed E-state index contributed by atoms with van der Waals surface area (Å²) in [6.07, 6.45) is 0. The van der Waals surface area contributed by atoms with Gasteiger partial charge in [0.2, 0.25) is 10.0 Å². The van der Waals surface area contributed by atoms with E-state index in [1.807, 2.05) is 24.3 Å². The summed E-state index contributed by atoms with van der Waals surface area (Å²) in [7, 11) is 2.16. The number of sulfonamides is 1. The van der Waals surface area contributed by atoms with Crippen molar-refractivity contribution >= 4 is 32.4 Å². The zero-order chi connectivity index (χ0) is 21.2. The van der Waals surface area contributed by atoms with Crippen molar-refractivity contribution in [2.24, 2.45) is 0 Å². The van der Waals surface area contributed by atoms with Crippen LogP contribution < -0.4 is 14.8 Å². The van der Waals surface area contributed by atoms with E-state index in [1.165, 1.54) is 46.5 Å². The molecule has 29 heavy (non-hydrogen) atoms. The molecule has 0 radical (unpaired) electrons. The van der Waals surface area contributed by atoms with Crippen molar-refractivity contribution < 1.29 is 22.7 Å². The highest BCUT2D eigenvalue weighted by Crippen LogP contribution is 2.31. The fourth-order valence-electron chi connectivity index (χ4n) is 2.91. The highest BCUT2D eigenvalue weighted by Gasteiger charge is 2.21. The van der Waals surface area contributed by atoms with Gasteiger partial charge in [0.25, 0.3) is 5.91 Å². The zero-order valence-electron chi connectivity index (χ0n) is 16.6. The second-order valence-electron chi connectivity index (χ2n) is 6.50. The minimum atomic E-state index is -3.66. The molecular weight excluding hydrogens is 392 g/mol. The first-order valence-corrected chi connectivity index (χ1v) is 10.2. The first-order chi connectivity index (χ1) is 13.8. The molecular formula is C21H22N2O5S. The fourth-order valence-corrected chi connectivity index (χ4v) is 3.84. The number of benzene rings is 3. The van der Waals surface area contributed by atoms with Crippen LogP contribution >= 0.6 is 0 Å². The van der Waals surface area contributed by atoms with Crippen molar-refractivity contribution in [3.63, 3.8) is 0 Å². The molecule has 3 rings (SSSR count). The number of nitrogens with one attached hydrogen (secondary N) is 1. The summed E-state index contributed by atoms with van der Waals surface area (Å²) in [6.45, 7) is 0. The molecule has 3 aromatic carbocycles. The van der Waals surface area contributed by atoms with Crippen LogP contribution in [0.4, 0.5) is 5.69 Å². The Morgan fingerprint density at radius 2 is 1.52 bits per heavy atom. The number of methoxy groups -OCH3 is 2. The molecule has 0 atom stereocenters. The van der Waals surface area contributed by atoms with Gasteiger partial charge in [-0.05, 0) is 41.1 Å². The predicted octanol–water partition coefficient (Wildman–Crippen LogP) is 3.36. The lowest BCUT2D eigenvalue weighted by atomic mass is 10.1. The molecule has 0 unspecified atom stereocenters. The number of ether oxygens (including phenoxy) is 2. The molecule has 0 saturated heterocycles. The van der Waals surface area contributed by atoms with Crippen LogP contribution in [0.3, 0.4) is 0 Å². The lowest BCUT2D eigenvalue weighted by Crippen LogP contribution is -2.22. The van der Waals surface area contributed by atoms with Crippen molar-refractivity contribution in [1.29, 1.82) is 0 Å². The van der Waals surface area contributed by atoms with Crippen LogP contribution in [0.5, 0.6) is 11.5 Å². The van der Waals surface area contributed by atoms with Gasteiger partial charge in [0.15, 0.2) is 0 Å². The van der Waals surface area contributed by atoms with E-state index in [0.717, 1.165) is 15.1 Å². The van der Waals surface area contributed by atoms with E-state index in [0.29, 0.717) is 17.1 Å². The van der Waals surface area contributed by atoms with E-state index in [4.69, 9.17) is 9.47 Å². The summed E-state index contributed by atoms with van der Waals surface area (Å²) in [6, 6.07) is 15.4. The summed E-state index contributed by atoms with van der Waals surface area (Å²) in [5.74, 6) is 0.318. The van der Waals surface area contributed by atoms with Gasteiger partial charge in [0, 0.05) is 14.1 Å².